The van der Waals surface area contributed by atoms with Crippen LogP contribution in [0.2, 0.25) is 0 Å². The molecule has 0 saturated carbocycles. The van der Waals surface area contributed by atoms with E-state index in [1.807, 2.05) is 11.4 Å². The number of hydrogen-bond donors (Lipinski definition) is 2. The summed E-state index contributed by atoms with van der Waals surface area (Å²) >= 11 is 1.59. The molecular formula is C13H19N3O2S. The topological polar surface area (TPSA) is 67.3 Å². The summed E-state index contributed by atoms with van der Waals surface area (Å²) in [4.78, 5) is 8.37. The Morgan fingerprint density at radius 3 is 3.00 bits per heavy atom. The molecule has 0 aliphatic heterocycles. The molecule has 0 saturated heterocycles. The van der Waals surface area contributed by atoms with Gasteiger partial charge >= 0.3 is 0 Å². The molecule has 6 heteroatoms. The number of rotatable bonds is 7. The highest BCUT2D eigenvalue weighted by Crippen LogP contribution is 2.24. The molecule has 2 heterocycles. The minimum absolute atomic E-state index is 0.337. The molecule has 1 unspecified atom stereocenters. The van der Waals surface area contributed by atoms with Crippen molar-refractivity contribution in [1.29, 1.82) is 0 Å². The van der Waals surface area contributed by atoms with Crippen LogP contribution in [-0.4, -0.2) is 40.9 Å². The van der Waals surface area contributed by atoms with E-state index in [-0.39, 0.29) is 0 Å². The smallest absolute Gasteiger partial charge is 0.147 e. The molecule has 0 amide bonds. The Bertz CT molecular complexity index is 515. The highest BCUT2D eigenvalue weighted by Gasteiger charge is 2.08. The molecule has 0 fully saturated rings. The highest BCUT2D eigenvalue weighted by atomic mass is 32.1. The Morgan fingerprint density at radius 1 is 1.37 bits per heavy atom. The second-order valence-electron chi connectivity index (χ2n) is 4.82. The van der Waals surface area contributed by atoms with Crippen molar-refractivity contribution >= 4 is 27.4 Å². The summed E-state index contributed by atoms with van der Waals surface area (Å²) in [6.07, 6.45) is 0.989. The van der Waals surface area contributed by atoms with Gasteiger partial charge in [0, 0.05) is 13.2 Å². The van der Waals surface area contributed by atoms with E-state index >= 15 is 0 Å². The van der Waals surface area contributed by atoms with E-state index in [1.54, 1.807) is 11.3 Å². The highest BCUT2D eigenvalue weighted by molar-refractivity contribution is 7.17. The first kappa shape index (κ1) is 14.2. The molecule has 0 spiro atoms. The molecular weight excluding hydrogens is 262 g/mol. The second kappa shape index (κ2) is 6.79. The maximum absolute atomic E-state index is 9.82. The van der Waals surface area contributed by atoms with Crippen LogP contribution < -0.4 is 5.32 Å². The number of anilines is 1. The van der Waals surface area contributed by atoms with Crippen LogP contribution in [0.4, 0.5) is 5.82 Å². The van der Waals surface area contributed by atoms with E-state index < -0.39 is 6.10 Å². The van der Waals surface area contributed by atoms with Gasteiger partial charge < -0.3 is 15.2 Å². The van der Waals surface area contributed by atoms with Gasteiger partial charge in [-0.25, -0.2) is 9.97 Å². The lowest BCUT2D eigenvalue weighted by Gasteiger charge is -2.14. The van der Waals surface area contributed by atoms with Crippen molar-refractivity contribution in [2.45, 2.75) is 20.0 Å². The van der Waals surface area contributed by atoms with Crippen molar-refractivity contribution in [1.82, 2.24) is 9.97 Å². The lowest BCUT2D eigenvalue weighted by atomic mass is 10.2. The third-order valence-electron chi connectivity index (χ3n) is 2.51. The van der Waals surface area contributed by atoms with Crippen molar-refractivity contribution in [2.24, 2.45) is 5.92 Å². The maximum atomic E-state index is 9.82. The summed E-state index contributed by atoms with van der Waals surface area (Å²) in [5.41, 5.74) is 0.924. The van der Waals surface area contributed by atoms with E-state index in [4.69, 9.17) is 4.74 Å². The average molecular weight is 281 g/mol. The number of aromatic nitrogens is 2. The number of aliphatic hydroxyl groups is 1. The van der Waals surface area contributed by atoms with Gasteiger partial charge in [0.15, 0.2) is 0 Å². The number of aliphatic hydroxyl groups excluding tert-OH is 1. The van der Waals surface area contributed by atoms with Gasteiger partial charge in [-0.05, 0) is 17.4 Å². The van der Waals surface area contributed by atoms with Gasteiger partial charge in [0.25, 0.3) is 0 Å². The Morgan fingerprint density at radius 2 is 2.21 bits per heavy atom. The van der Waals surface area contributed by atoms with Crippen molar-refractivity contribution in [2.75, 3.05) is 25.1 Å². The fraction of sp³-hybridized carbons (Fsp3) is 0.538. The molecule has 0 aromatic carbocycles. The number of fused-ring (bicyclic) bond motifs is 1. The minimum Gasteiger partial charge on any atom is -0.389 e. The predicted molar refractivity (Wildman–Crippen MR) is 77.6 cm³/mol. The van der Waals surface area contributed by atoms with Crippen LogP contribution in [0.3, 0.4) is 0 Å². The van der Waals surface area contributed by atoms with E-state index in [2.05, 4.69) is 29.1 Å². The summed E-state index contributed by atoms with van der Waals surface area (Å²) in [5, 5.41) is 14.9. The Hall–Kier alpha value is -1.24. The molecule has 2 N–H and O–H groups in total. The maximum Gasteiger partial charge on any atom is 0.147 e. The molecule has 2 rings (SSSR count). The van der Waals surface area contributed by atoms with E-state index in [0.717, 1.165) is 16.0 Å². The Balaban J connectivity index is 1.83. The SMILES string of the molecule is CC(C)COCC(O)CNc1ncnc2ccsc12. The zero-order valence-electron chi connectivity index (χ0n) is 11.2. The average Bonchev–Trinajstić information content (AvgIpc) is 2.84. The summed E-state index contributed by atoms with van der Waals surface area (Å²) in [7, 11) is 0. The van der Waals surface area contributed by atoms with Crippen LogP contribution in [0, 0.1) is 5.92 Å². The number of hydrogen-bond acceptors (Lipinski definition) is 6. The standard InChI is InChI=1S/C13H19N3O2S/c1-9(2)6-18-7-10(17)5-14-13-12-11(3-4-19-12)15-8-16-13/h3-4,8-10,17H,5-7H2,1-2H3,(H,14,15,16). The van der Waals surface area contributed by atoms with Gasteiger partial charge in [0.05, 0.1) is 22.9 Å². The quantitative estimate of drug-likeness (QED) is 0.814. The van der Waals surface area contributed by atoms with Crippen LogP contribution in [0.25, 0.3) is 10.2 Å². The normalized spacial score (nSPS) is 13.1. The Labute approximate surface area is 116 Å². The van der Waals surface area contributed by atoms with Crippen molar-refractivity contribution < 1.29 is 9.84 Å². The van der Waals surface area contributed by atoms with Gasteiger partial charge in [-0.1, -0.05) is 13.8 Å². The first-order valence-corrected chi connectivity index (χ1v) is 7.22. The summed E-state index contributed by atoms with van der Waals surface area (Å²) < 4.78 is 6.41. The van der Waals surface area contributed by atoms with Crippen LogP contribution in [0.15, 0.2) is 17.8 Å². The largest absolute Gasteiger partial charge is 0.389 e. The van der Waals surface area contributed by atoms with E-state index in [0.29, 0.717) is 25.7 Å². The fourth-order valence-electron chi connectivity index (χ4n) is 1.63. The molecule has 0 radical (unpaired) electrons. The number of thiophene rings is 1. The molecule has 19 heavy (non-hydrogen) atoms. The molecule has 104 valence electrons. The number of ether oxygens (including phenoxy) is 1. The summed E-state index contributed by atoms with van der Waals surface area (Å²) in [5.74, 6) is 1.25. The van der Waals surface area contributed by atoms with Crippen molar-refractivity contribution in [3.05, 3.63) is 17.8 Å². The lowest BCUT2D eigenvalue weighted by molar-refractivity contribution is 0.0317. The van der Waals surface area contributed by atoms with Crippen LogP contribution in [0.1, 0.15) is 13.8 Å². The first-order valence-electron chi connectivity index (χ1n) is 6.34. The third kappa shape index (κ3) is 4.12. The zero-order chi connectivity index (χ0) is 13.7. The van der Waals surface area contributed by atoms with Crippen LogP contribution in [0.5, 0.6) is 0 Å². The van der Waals surface area contributed by atoms with Gasteiger partial charge in [-0.15, -0.1) is 11.3 Å². The van der Waals surface area contributed by atoms with Crippen molar-refractivity contribution in [3.63, 3.8) is 0 Å². The third-order valence-corrected chi connectivity index (χ3v) is 3.42. The molecule has 2 aromatic heterocycles. The number of nitrogens with one attached hydrogen (secondary N) is 1. The molecule has 0 bridgehead atoms. The number of nitrogens with zero attached hydrogens (tertiary/aromatic N) is 2. The van der Waals surface area contributed by atoms with Gasteiger partial charge in [-0.3, -0.25) is 0 Å². The van der Waals surface area contributed by atoms with Gasteiger partial charge in [0.2, 0.25) is 0 Å². The first-order chi connectivity index (χ1) is 9.16. The lowest BCUT2D eigenvalue weighted by Crippen LogP contribution is -2.26. The van der Waals surface area contributed by atoms with E-state index in [1.165, 1.54) is 6.33 Å². The second-order valence-corrected chi connectivity index (χ2v) is 5.74. The molecule has 2 aromatic rings. The Kier molecular flexibility index (Phi) is 5.07. The minimum atomic E-state index is -0.538. The van der Waals surface area contributed by atoms with Gasteiger partial charge in [0.1, 0.15) is 12.1 Å². The zero-order valence-corrected chi connectivity index (χ0v) is 12.0. The molecule has 5 nitrogen and oxygen atoms in total. The fourth-order valence-corrected chi connectivity index (χ4v) is 2.44. The van der Waals surface area contributed by atoms with Crippen molar-refractivity contribution in [3.8, 4) is 0 Å². The molecule has 0 aliphatic carbocycles. The van der Waals surface area contributed by atoms with Gasteiger partial charge in [-0.2, -0.15) is 0 Å². The van der Waals surface area contributed by atoms with Crippen LogP contribution >= 0.6 is 11.3 Å². The summed E-state index contributed by atoms with van der Waals surface area (Å²) in [6, 6.07) is 1.95. The van der Waals surface area contributed by atoms with E-state index in [9.17, 15) is 5.11 Å². The van der Waals surface area contributed by atoms with Crippen LogP contribution in [-0.2, 0) is 4.74 Å². The molecule has 0 aliphatic rings. The summed E-state index contributed by atoms with van der Waals surface area (Å²) in [6.45, 7) is 5.59. The monoisotopic (exact) mass is 281 g/mol. The molecule has 1 atom stereocenters. The predicted octanol–water partition coefficient (Wildman–Crippen LogP) is 2.14.